The lowest BCUT2D eigenvalue weighted by Gasteiger charge is -2.16. The van der Waals surface area contributed by atoms with Crippen LogP contribution in [0.4, 0.5) is 10.5 Å². The van der Waals surface area contributed by atoms with Crippen molar-refractivity contribution in [2.24, 2.45) is 0 Å². The molecule has 1 aromatic carbocycles. The summed E-state index contributed by atoms with van der Waals surface area (Å²) < 4.78 is 0. The van der Waals surface area contributed by atoms with Crippen LogP contribution in [0.1, 0.15) is 36.7 Å². The molecule has 2 aromatic rings. The average molecular weight is 375 g/mol. The number of urea groups is 1. The number of benzene rings is 1. The molecule has 6 nitrogen and oxygen atoms in total. The Bertz CT molecular complexity index is 765. The second kappa shape index (κ2) is 9.20. The van der Waals surface area contributed by atoms with Gasteiger partial charge in [-0.2, -0.15) is 0 Å². The summed E-state index contributed by atoms with van der Waals surface area (Å²) in [6.45, 7) is 5.66. The van der Waals surface area contributed by atoms with Crippen molar-refractivity contribution in [1.82, 2.24) is 15.6 Å². The lowest BCUT2D eigenvalue weighted by Crippen LogP contribution is -2.37. The molecule has 0 saturated heterocycles. The maximum Gasteiger partial charge on any atom is 0.319 e. The minimum Gasteiger partial charge on any atom is -0.350 e. The van der Waals surface area contributed by atoms with Crippen LogP contribution in [0, 0.1) is 0 Å². The highest BCUT2D eigenvalue weighted by atomic mass is 35.5. The number of aromatic nitrogens is 1. The van der Waals surface area contributed by atoms with Gasteiger partial charge in [-0.05, 0) is 57.0 Å². The molecule has 0 aliphatic rings. The van der Waals surface area contributed by atoms with Gasteiger partial charge < -0.3 is 16.0 Å². The van der Waals surface area contributed by atoms with Crippen molar-refractivity contribution < 1.29 is 9.59 Å². The van der Waals surface area contributed by atoms with Gasteiger partial charge in [0.2, 0.25) is 0 Å². The van der Waals surface area contributed by atoms with Gasteiger partial charge in [0.25, 0.3) is 5.91 Å². The van der Waals surface area contributed by atoms with Crippen molar-refractivity contribution in [3.8, 4) is 0 Å². The minimum atomic E-state index is -0.385. The monoisotopic (exact) mass is 374 g/mol. The number of nitrogens with zero attached hydrogens (tertiary/aromatic N) is 1. The Morgan fingerprint density at radius 3 is 2.58 bits per heavy atom. The van der Waals surface area contributed by atoms with Crippen LogP contribution in [-0.2, 0) is 6.42 Å². The molecule has 3 amide bonds. The molecule has 138 valence electrons. The summed E-state index contributed by atoms with van der Waals surface area (Å²) in [6, 6.07) is 8.12. The molecule has 7 heteroatoms. The van der Waals surface area contributed by atoms with Crippen LogP contribution < -0.4 is 16.0 Å². The van der Waals surface area contributed by atoms with E-state index < -0.39 is 0 Å². The lowest BCUT2D eigenvalue weighted by molar-refractivity contribution is 0.0943. The molecule has 1 heterocycles. The Hall–Kier alpha value is -2.60. The van der Waals surface area contributed by atoms with Gasteiger partial charge >= 0.3 is 6.03 Å². The molecule has 3 N–H and O–H groups in total. The van der Waals surface area contributed by atoms with Gasteiger partial charge in [-0.1, -0.05) is 17.7 Å². The number of carbonyl (C=O) groups excluding carboxylic acids is 2. The molecule has 0 aliphatic heterocycles. The normalized spacial score (nSPS) is 11.7. The first-order valence-corrected chi connectivity index (χ1v) is 8.79. The Morgan fingerprint density at radius 1 is 1.15 bits per heavy atom. The number of amides is 3. The van der Waals surface area contributed by atoms with Gasteiger partial charge in [-0.15, -0.1) is 0 Å². The summed E-state index contributed by atoms with van der Waals surface area (Å²) in [5.41, 5.74) is 1.85. The Kier molecular flexibility index (Phi) is 6.97. The molecule has 0 aliphatic carbocycles. The van der Waals surface area contributed by atoms with E-state index in [9.17, 15) is 9.59 Å². The fourth-order valence-electron chi connectivity index (χ4n) is 2.41. The van der Waals surface area contributed by atoms with Crippen LogP contribution in [0.2, 0.25) is 5.02 Å². The molecule has 1 atom stereocenters. The molecule has 2 rings (SSSR count). The summed E-state index contributed by atoms with van der Waals surface area (Å²) in [5, 5.41) is 8.71. The number of anilines is 1. The van der Waals surface area contributed by atoms with Gasteiger partial charge in [0, 0.05) is 30.0 Å². The van der Waals surface area contributed by atoms with Crippen LogP contribution >= 0.6 is 11.6 Å². The maximum atomic E-state index is 12.2. The van der Waals surface area contributed by atoms with Crippen molar-refractivity contribution >= 4 is 29.2 Å². The zero-order valence-corrected chi connectivity index (χ0v) is 15.8. The second-order valence-corrected chi connectivity index (χ2v) is 6.79. The number of pyridine rings is 1. The van der Waals surface area contributed by atoms with Crippen molar-refractivity contribution in [2.45, 2.75) is 39.3 Å². The first-order chi connectivity index (χ1) is 12.3. The first kappa shape index (κ1) is 19.7. The van der Waals surface area contributed by atoms with Crippen molar-refractivity contribution in [1.29, 1.82) is 0 Å². The van der Waals surface area contributed by atoms with E-state index in [1.54, 1.807) is 30.6 Å². The van der Waals surface area contributed by atoms with Crippen molar-refractivity contribution in [3.63, 3.8) is 0 Å². The molecule has 0 unspecified atom stereocenters. The summed E-state index contributed by atoms with van der Waals surface area (Å²) in [5.74, 6) is -0.218. The first-order valence-electron chi connectivity index (χ1n) is 8.42. The van der Waals surface area contributed by atoms with E-state index in [1.165, 1.54) is 0 Å². The van der Waals surface area contributed by atoms with Gasteiger partial charge in [-0.3, -0.25) is 9.78 Å². The molecular formula is C19H23ClN4O2. The zero-order valence-electron chi connectivity index (χ0n) is 15.0. The third-order valence-electron chi connectivity index (χ3n) is 3.54. The SMILES string of the molecule is CC(C)NC(=O)c1ccc(Cl)c(NC(=O)N[C@@H](C)Cc2cccnc2)c1. The van der Waals surface area contributed by atoms with Gasteiger partial charge in [0.1, 0.15) is 0 Å². The average Bonchev–Trinajstić information content (AvgIpc) is 2.56. The third-order valence-corrected chi connectivity index (χ3v) is 3.87. The van der Waals surface area contributed by atoms with Crippen LogP contribution in [0.5, 0.6) is 0 Å². The maximum absolute atomic E-state index is 12.2. The van der Waals surface area contributed by atoms with Crippen LogP contribution in [0.3, 0.4) is 0 Å². The van der Waals surface area contributed by atoms with Crippen molar-refractivity contribution in [3.05, 3.63) is 58.9 Å². The quantitative estimate of drug-likeness (QED) is 0.722. The van der Waals surface area contributed by atoms with E-state index in [1.807, 2.05) is 32.9 Å². The molecule has 0 radical (unpaired) electrons. The lowest BCUT2D eigenvalue weighted by atomic mass is 10.1. The molecular weight excluding hydrogens is 352 g/mol. The highest BCUT2D eigenvalue weighted by Crippen LogP contribution is 2.23. The smallest absolute Gasteiger partial charge is 0.319 e. The van der Waals surface area contributed by atoms with Gasteiger partial charge in [-0.25, -0.2) is 4.79 Å². The molecule has 0 fully saturated rings. The Morgan fingerprint density at radius 2 is 1.92 bits per heavy atom. The molecule has 26 heavy (non-hydrogen) atoms. The molecule has 1 aromatic heterocycles. The summed E-state index contributed by atoms with van der Waals surface area (Å²) in [6.07, 6.45) is 4.13. The second-order valence-electron chi connectivity index (χ2n) is 6.39. The predicted octanol–water partition coefficient (Wildman–Crippen LogP) is 3.63. The third kappa shape index (κ3) is 6.04. The zero-order chi connectivity index (χ0) is 19.1. The van der Waals surface area contributed by atoms with E-state index in [2.05, 4.69) is 20.9 Å². The predicted molar refractivity (Wildman–Crippen MR) is 104 cm³/mol. The van der Waals surface area contributed by atoms with Crippen molar-refractivity contribution in [2.75, 3.05) is 5.32 Å². The number of hydrogen-bond donors (Lipinski definition) is 3. The molecule has 0 bridgehead atoms. The number of rotatable bonds is 6. The molecule has 0 spiro atoms. The van der Waals surface area contributed by atoms with E-state index in [-0.39, 0.29) is 24.0 Å². The Balaban J connectivity index is 1.98. The summed E-state index contributed by atoms with van der Waals surface area (Å²) in [7, 11) is 0. The highest BCUT2D eigenvalue weighted by Gasteiger charge is 2.13. The number of halogens is 1. The van der Waals surface area contributed by atoms with Crippen LogP contribution in [0.25, 0.3) is 0 Å². The molecule has 0 saturated carbocycles. The topological polar surface area (TPSA) is 83.1 Å². The van der Waals surface area contributed by atoms with E-state index in [0.29, 0.717) is 22.7 Å². The van der Waals surface area contributed by atoms with Gasteiger partial charge in [0.15, 0.2) is 0 Å². The fraction of sp³-hybridized carbons (Fsp3) is 0.316. The fourth-order valence-corrected chi connectivity index (χ4v) is 2.58. The Labute approximate surface area is 158 Å². The van der Waals surface area contributed by atoms with Gasteiger partial charge in [0.05, 0.1) is 10.7 Å². The van der Waals surface area contributed by atoms with Crippen LogP contribution in [0.15, 0.2) is 42.7 Å². The summed E-state index contributed by atoms with van der Waals surface area (Å²) in [4.78, 5) is 28.4. The van der Waals surface area contributed by atoms with E-state index in [4.69, 9.17) is 11.6 Å². The van der Waals surface area contributed by atoms with E-state index >= 15 is 0 Å². The largest absolute Gasteiger partial charge is 0.350 e. The highest BCUT2D eigenvalue weighted by molar-refractivity contribution is 6.33. The number of carbonyl (C=O) groups is 2. The van der Waals surface area contributed by atoms with Crippen LogP contribution in [-0.4, -0.2) is 29.0 Å². The summed E-state index contributed by atoms with van der Waals surface area (Å²) >= 11 is 6.13. The minimum absolute atomic E-state index is 0.0196. The standard InChI is InChI=1S/C19H23ClN4O2/c1-12(2)22-18(25)15-6-7-16(20)17(10-15)24-19(26)23-13(3)9-14-5-4-8-21-11-14/h4-8,10-13H,9H2,1-3H3,(H,22,25)(H2,23,24,26)/t13-/m0/s1. The number of nitrogens with one attached hydrogen (secondary N) is 3. The number of hydrogen-bond acceptors (Lipinski definition) is 3. The van der Waals surface area contributed by atoms with E-state index in [0.717, 1.165) is 5.56 Å².